The highest BCUT2D eigenvalue weighted by Crippen LogP contribution is 2.38. The van der Waals surface area contributed by atoms with Gasteiger partial charge in [0.25, 0.3) is 0 Å². The zero-order valence-electron chi connectivity index (χ0n) is 11.5. The number of morpholine rings is 1. The predicted octanol–water partition coefficient (Wildman–Crippen LogP) is 3.67. The average Bonchev–Trinajstić information content (AvgIpc) is 2.56. The maximum atomic E-state index is 5.97. The van der Waals surface area contributed by atoms with Gasteiger partial charge in [0.15, 0.2) is 0 Å². The Bertz CT molecular complexity index is 558. The van der Waals surface area contributed by atoms with Gasteiger partial charge in [0.05, 0.1) is 23.0 Å². The van der Waals surface area contributed by atoms with Crippen molar-refractivity contribution in [1.29, 1.82) is 0 Å². The van der Waals surface area contributed by atoms with Gasteiger partial charge in [-0.3, -0.25) is 0 Å². The predicted molar refractivity (Wildman–Crippen MR) is 89.6 cm³/mol. The van der Waals surface area contributed by atoms with Crippen molar-refractivity contribution >= 4 is 27.7 Å². The lowest BCUT2D eigenvalue weighted by Gasteiger charge is -2.30. The number of hydrogen-bond donors (Lipinski definition) is 1. The molecule has 0 bridgehead atoms. The van der Waals surface area contributed by atoms with Crippen molar-refractivity contribution in [2.24, 2.45) is 0 Å². The number of benzene rings is 1. The van der Waals surface area contributed by atoms with Crippen molar-refractivity contribution in [2.75, 3.05) is 19.7 Å². The summed E-state index contributed by atoms with van der Waals surface area (Å²) in [4.78, 5) is 4.48. The van der Waals surface area contributed by atoms with E-state index in [9.17, 15) is 0 Å². The van der Waals surface area contributed by atoms with Gasteiger partial charge in [-0.05, 0) is 33.6 Å². The Morgan fingerprint density at radius 3 is 2.76 bits per heavy atom. The molecule has 1 aromatic carbocycles. The maximum absolute atomic E-state index is 5.97. The Morgan fingerprint density at radius 2 is 2.10 bits per heavy atom. The molecule has 3 rings (SSSR count). The fourth-order valence-corrected chi connectivity index (χ4v) is 3.72. The smallest absolute Gasteiger partial charge is 0.0967 e. The second kappa shape index (κ2) is 7.40. The molecule has 0 spiro atoms. The first kappa shape index (κ1) is 15.0. The van der Waals surface area contributed by atoms with Gasteiger partial charge in [-0.2, -0.15) is 0 Å². The summed E-state index contributed by atoms with van der Waals surface area (Å²) in [7, 11) is 0. The molecule has 3 nitrogen and oxygen atoms in total. The van der Waals surface area contributed by atoms with Crippen molar-refractivity contribution in [2.45, 2.75) is 16.4 Å². The Balaban J connectivity index is 1.83. The van der Waals surface area contributed by atoms with E-state index >= 15 is 0 Å². The summed E-state index contributed by atoms with van der Waals surface area (Å²) in [6, 6.07) is 14.6. The second-order valence-electron chi connectivity index (χ2n) is 4.88. The maximum Gasteiger partial charge on any atom is 0.0967 e. The van der Waals surface area contributed by atoms with E-state index in [1.807, 2.05) is 24.4 Å². The van der Waals surface area contributed by atoms with E-state index < -0.39 is 0 Å². The van der Waals surface area contributed by atoms with Crippen LogP contribution in [0, 0.1) is 0 Å². The normalized spacial score (nSPS) is 20.1. The minimum absolute atomic E-state index is 0.164. The van der Waals surface area contributed by atoms with Crippen molar-refractivity contribution < 1.29 is 4.74 Å². The summed E-state index contributed by atoms with van der Waals surface area (Å²) in [6.07, 6.45) is 2.00. The molecule has 0 radical (unpaired) electrons. The average molecular weight is 365 g/mol. The van der Waals surface area contributed by atoms with E-state index in [4.69, 9.17) is 4.74 Å². The van der Waals surface area contributed by atoms with Gasteiger partial charge in [-0.25, -0.2) is 4.98 Å². The molecule has 0 saturated carbocycles. The van der Waals surface area contributed by atoms with Gasteiger partial charge in [-0.1, -0.05) is 42.1 Å². The SMILES string of the molecule is Brc1ccc(SC(c2ccccc2)[C@@H]2CNCCO2)nc1. The van der Waals surface area contributed by atoms with E-state index in [1.165, 1.54) is 5.56 Å². The Kier molecular flexibility index (Phi) is 5.30. The number of aromatic nitrogens is 1. The molecule has 2 aromatic rings. The van der Waals surface area contributed by atoms with Crippen LogP contribution in [-0.2, 0) is 4.74 Å². The lowest BCUT2D eigenvalue weighted by molar-refractivity contribution is 0.0273. The third-order valence-electron chi connectivity index (χ3n) is 3.37. The molecule has 1 aliphatic rings. The monoisotopic (exact) mass is 364 g/mol. The van der Waals surface area contributed by atoms with Crippen LogP contribution in [-0.4, -0.2) is 30.8 Å². The molecule has 0 aliphatic carbocycles. The van der Waals surface area contributed by atoms with Gasteiger partial charge in [0.2, 0.25) is 0 Å². The van der Waals surface area contributed by atoms with Crippen LogP contribution >= 0.6 is 27.7 Å². The number of nitrogens with zero attached hydrogens (tertiary/aromatic N) is 1. The first-order valence-corrected chi connectivity index (χ1v) is 8.66. The van der Waals surface area contributed by atoms with Crippen molar-refractivity contribution in [3.05, 3.63) is 58.7 Å². The van der Waals surface area contributed by atoms with Crippen LogP contribution in [0.5, 0.6) is 0 Å². The van der Waals surface area contributed by atoms with Gasteiger partial charge < -0.3 is 10.1 Å². The summed E-state index contributed by atoms with van der Waals surface area (Å²) in [6.45, 7) is 2.57. The Morgan fingerprint density at radius 1 is 1.24 bits per heavy atom. The van der Waals surface area contributed by atoms with E-state index in [0.717, 1.165) is 29.2 Å². The summed E-state index contributed by atoms with van der Waals surface area (Å²) < 4.78 is 6.97. The molecule has 0 amide bonds. The third kappa shape index (κ3) is 4.07. The number of hydrogen-bond acceptors (Lipinski definition) is 4. The quantitative estimate of drug-likeness (QED) is 0.839. The highest BCUT2D eigenvalue weighted by Gasteiger charge is 2.27. The van der Waals surface area contributed by atoms with Crippen LogP contribution in [0.2, 0.25) is 0 Å². The molecule has 2 heterocycles. The summed E-state index contributed by atoms with van der Waals surface area (Å²) in [5.74, 6) is 0. The third-order valence-corrected chi connectivity index (χ3v) is 5.15. The number of thioether (sulfide) groups is 1. The Hall–Kier alpha value is -0.880. The van der Waals surface area contributed by atoms with Gasteiger partial charge in [-0.15, -0.1) is 0 Å². The molecule has 5 heteroatoms. The summed E-state index contributed by atoms with van der Waals surface area (Å²) >= 11 is 5.19. The fourth-order valence-electron chi connectivity index (χ4n) is 2.34. The van der Waals surface area contributed by atoms with Crippen molar-refractivity contribution in [3.63, 3.8) is 0 Å². The molecule has 1 unspecified atom stereocenters. The van der Waals surface area contributed by atoms with Crippen LogP contribution in [0.15, 0.2) is 58.2 Å². The fraction of sp³-hybridized carbons (Fsp3) is 0.312. The molecule has 21 heavy (non-hydrogen) atoms. The first-order valence-electron chi connectivity index (χ1n) is 6.98. The van der Waals surface area contributed by atoms with Gasteiger partial charge >= 0.3 is 0 Å². The van der Waals surface area contributed by atoms with Gasteiger partial charge in [0.1, 0.15) is 0 Å². The molecule has 110 valence electrons. The number of ether oxygens (including phenoxy) is 1. The molecule has 2 atom stereocenters. The molecule has 1 N–H and O–H groups in total. The van der Waals surface area contributed by atoms with Crippen LogP contribution in [0.4, 0.5) is 0 Å². The first-order chi connectivity index (χ1) is 10.3. The number of pyridine rings is 1. The zero-order valence-corrected chi connectivity index (χ0v) is 13.9. The highest BCUT2D eigenvalue weighted by atomic mass is 79.9. The standard InChI is InChI=1S/C16H17BrN2OS/c17-13-6-7-15(19-10-13)21-16(12-4-2-1-3-5-12)14-11-18-8-9-20-14/h1-7,10,14,16,18H,8-9,11H2/t14-,16?/m0/s1. The van der Waals surface area contributed by atoms with Crippen LogP contribution in [0.1, 0.15) is 10.8 Å². The Labute approximate surface area is 137 Å². The summed E-state index contributed by atoms with van der Waals surface area (Å²) in [5.41, 5.74) is 1.28. The second-order valence-corrected chi connectivity index (χ2v) is 6.95. The number of halogens is 1. The zero-order chi connectivity index (χ0) is 14.5. The molecular weight excluding hydrogens is 348 g/mol. The van der Waals surface area contributed by atoms with E-state index in [0.29, 0.717) is 0 Å². The number of nitrogens with one attached hydrogen (secondary N) is 1. The highest BCUT2D eigenvalue weighted by molar-refractivity contribution is 9.10. The number of rotatable bonds is 4. The topological polar surface area (TPSA) is 34.1 Å². The van der Waals surface area contributed by atoms with E-state index in [2.05, 4.69) is 50.5 Å². The van der Waals surface area contributed by atoms with E-state index in [-0.39, 0.29) is 11.4 Å². The molecule has 1 fully saturated rings. The molecular formula is C16H17BrN2OS. The summed E-state index contributed by atoms with van der Waals surface area (Å²) in [5, 5.41) is 4.67. The largest absolute Gasteiger partial charge is 0.374 e. The van der Waals surface area contributed by atoms with E-state index in [1.54, 1.807) is 11.8 Å². The molecule has 1 saturated heterocycles. The molecule has 1 aliphatic heterocycles. The van der Waals surface area contributed by atoms with Crippen LogP contribution < -0.4 is 5.32 Å². The van der Waals surface area contributed by atoms with Crippen molar-refractivity contribution in [1.82, 2.24) is 10.3 Å². The molecule has 1 aromatic heterocycles. The van der Waals surface area contributed by atoms with Crippen LogP contribution in [0.3, 0.4) is 0 Å². The lowest BCUT2D eigenvalue weighted by Crippen LogP contribution is -2.41. The van der Waals surface area contributed by atoms with Gasteiger partial charge in [0, 0.05) is 23.8 Å². The minimum atomic E-state index is 0.164. The van der Waals surface area contributed by atoms with Crippen LogP contribution in [0.25, 0.3) is 0 Å². The lowest BCUT2D eigenvalue weighted by atomic mass is 10.1. The minimum Gasteiger partial charge on any atom is -0.374 e. The van der Waals surface area contributed by atoms with Crippen molar-refractivity contribution in [3.8, 4) is 0 Å².